The molecule has 3 rings (SSSR count). The van der Waals surface area contributed by atoms with Gasteiger partial charge < -0.3 is 14.6 Å². The molecule has 0 spiro atoms. The number of carboxylic acid groups (broad SMARTS) is 1. The van der Waals surface area contributed by atoms with Gasteiger partial charge in [-0.25, -0.2) is 9.18 Å². The summed E-state index contributed by atoms with van der Waals surface area (Å²) in [5, 5.41) is 22.8. The highest BCUT2D eigenvalue weighted by atomic mass is 35.5. The van der Waals surface area contributed by atoms with E-state index in [4.69, 9.17) is 21.1 Å². The Bertz CT molecular complexity index is 1030. The van der Waals surface area contributed by atoms with Crippen molar-refractivity contribution in [2.75, 3.05) is 0 Å². The number of halogens is 2. The Labute approximate surface area is 169 Å². The number of hydrogen-bond acceptors (Lipinski definition) is 5. The Morgan fingerprint density at radius 2 is 2.11 bits per heavy atom. The van der Waals surface area contributed by atoms with Crippen LogP contribution in [0, 0.1) is 17.1 Å². The van der Waals surface area contributed by atoms with Gasteiger partial charge >= 0.3 is 5.97 Å². The van der Waals surface area contributed by atoms with E-state index in [1.807, 2.05) is 16.8 Å². The van der Waals surface area contributed by atoms with Gasteiger partial charge in [-0.15, -0.1) is 0 Å². The van der Waals surface area contributed by atoms with Crippen LogP contribution in [0.1, 0.15) is 22.8 Å². The molecule has 0 radical (unpaired) electrons. The van der Waals surface area contributed by atoms with Crippen molar-refractivity contribution >= 4 is 28.9 Å². The predicted molar refractivity (Wildman–Crippen MR) is 102 cm³/mol. The first-order valence-electron chi connectivity index (χ1n) is 8.01. The maximum absolute atomic E-state index is 14.4. The van der Waals surface area contributed by atoms with Gasteiger partial charge in [0.2, 0.25) is 6.10 Å². The molecular formula is C20H13ClFNO4S. The van der Waals surface area contributed by atoms with Crippen LogP contribution < -0.4 is 9.47 Å². The molecule has 0 saturated heterocycles. The molecule has 8 heteroatoms. The topological polar surface area (TPSA) is 79.5 Å². The first-order chi connectivity index (χ1) is 13.5. The van der Waals surface area contributed by atoms with E-state index in [9.17, 15) is 19.6 Å². The second-order valence-electron chi connectivity index (χ2n) is 5.67. The third-order valence-electron chi connectivity index (χ3n) is 3.78. The second kappa shape index (κ2) is 8.74. The molecule has 1 atom stereocenters. The fourth-order valence-electron chi connectivity index (χ4n) is 2.45. The van der Waals surface area contributed by atoms with Gasteiger partial charge in [0, 0.05) is 22.7 Å². The number of thiophene rings is 1. The lowest BCUT2D eigenvalue weighted by atomic mass is 10.1. The number of ether oxygens (including phenoxy) is 2. The van der Waals surface area contributed by atoms with Gasteiger partial charge in [-0.05, 0) is 28.5 Å². The lowest BCUT2D eigenvalue weighted by Crippen LogP contribution is -2.19. The minimum Gasteiger partial charge on any atom is -0.489 e. The molecule has 0 aliphatic heterocycles. The Morgan fingerprint density at radius 1 is 1.32 bits per heavy atom. The summed E-state index contributed by atoms with van der Waals surface area (Å²) in [6.07, 6.45) is -1.52. The molecule has 1 N–H and O–H groups in total. The average Bonchev–Trinajstić information content (AvgIpc) is 3.18. The number of nitriles is 1. The summed E-state index contributed by atoms with van der Waals surface area (Å²) in [5.41, 5.74) is 0.670. The van der Waals surface area contributed by atoms with Crippen LogP contribution in [0.3, 0.4) is 0 Å². The minimum absolute atomic E-state index is 0.112. The number of carboxylic acids is 1. The molecule has 3 aromatic rings. The van der Waals surface area contributed by atoms with Crippen LogP contribution in [0.4, 0.5) is 4.39 Å². The Morgan fingerprint density at radius 3 is 2.75 bits per heavy atom. The van der Waals surface area contributed by atoms with E-state index >= 15 is 0 Å². The van der Waals surface area contributed by atoms with Crippen molar-refractivity contribution in [2.24, 2.45) is 0 Å². The summed E-state index contributed by atoms with van der Waals surface area (Å²) >= 11 is 7.56. The van der Waals surface area contributed by atoms with Crippen molar-refractivity contribution in [2.45, 2.75) is 12.7 Å². The monoisotopic (exact) mass is 417 g/mol. The molecule has 1 unspecified atom stereocenters. The van der Waals surface area contributed by atoms with E-state index in [0.29, 0.717) is 0 Å². The van der Waals surface area contributed by atoms with E-state index < -0.39 is 23.5 Å². The molecule has 0 amide bonds. The number of hydrogen-bond donors (Lipinski definition) is 1. The molecule has 5 nitrogen and oxygen atoms in total. The molecule has 142 valence electrons. The van der Waals surface area contributed by atoms with Gasteiger partial charge in [-0.1, -0.05) is 29.8 Å². The van der Waals surface area contributed by atoms with Gasteiger partial charge in [-0.2, -0.15) is 16.6 Å². The van der Waals surface area contributed by atoms with Crippen molar-refractivity contribution in [3.8, 4) is 17.6 Å². The largest absolute Gasteiger partial charge is 0.489 e. The second-order valence-corrected chi connectivity index (χ2v) is 6.86. The lowest BCUT2D eigenvalue weighted by molar-refractivity contribution is -0.145. The van der Waals surface area contributed by atoms with Crippen molar-refractivity contribution in [3.63, 3.8) is 0 Å². The minimum atomic E-state index is -1.52. The van der Waals surface area contributed by atoms with E-state index in [1.54, 1.807) is 18.2 Å². The summed E-state index contributed by atoms with van der Waals surface area (Å²) in [6.45, 7) is 0.196. The highest BCUT2D eigenvalue weighted by Gasteiger charge is 2.26. The zero-order chi connectivity index (χ0) is 20.1. The number of benzene rings is 2. The standard InChI is InChI=1S/C20H13ClFNO4S/c21-16-4-2-1-3-14(16)19(20(24)25)27-18-8-13(7-17(22)15(18)9-23)26-10-12-5-6-28-11-12/h1-8,11,19H,10H2,(H,24,25). The van der Waals surface area contributed by atoms with Crippen LogP contribution in [-0.2, 0) is 11.4 Å². The number of nitrogens with zero attached hydrogens (tertiary/aromatic N) is 1. The van der Waals surface area contributed by atoms with Crippen LogP contribution in [0.25, 0.3) is 0 Å². The lowest BCUT2D eigenvalue weighted by Gasteiger charge is -2.18. The van der Waals surface area contributed by atoms with Gasteiger partial charge in [0.25, 0.3) is 0 Å². The number of rotatable bonds is 7. The molecule has 0 aliphatic rings. The Hall–Kier alpha value is -3.08. The van der Waals surface area contributed by atoms with Crippen LogP contribution in [0.15, 0.2) is 53.2 Å². The highest BCUT2D eigenvalue weighted by molar-refractivity contribution is 7.07. The quantitative estimate of drug-likeness (QED) is 0.571. The van der Waals surface area contributed by atoms with Gasteiger partial charge in [0.1, 0.15) is 35.6 Å². The third kappa shape index (κ3) is 4.42. The zero-order valence-corrected chi connectivity index (χ0v) is 15.8. The summed E-state index contributed by atoms with van der Waals surface area (Å²) in [5.74, 6) is -2.33. The Kier molecular flexibility index (Phi) is 6.14. The highest BCUT2D eigenvalue weighted by Crippen LogP contribution is 2.33. The van der Waals surface area contributed by atoms with E-state index in [2.05, 4.69) is 0 Å². The molecule has 1 aromatic heterocycles. The van der Waals surface area contributed by atoms with Gasteiger partial charge in [0.15, 0.2) is 0 Å². The molecule has 0 fully saturated rings. The summed E-state index contributed by atoms with van der Waals surface area (Å²) in [4.78, 5) is 11.7. The zero-order valence-electron chi connectivity index (χ0n) is 14.3. The van der Waals surface area contributed by atoms with Crippen LogP contribution in [0.2, 0.25) is 5.02 Å². The van der Waals surface area contributed by atoms with E-state index in [0.717, 1.165) is 11.6 Å². The maximum atomic E-state index is 14.4. The average molecular weight is 418 g/mol. The molecule has 2 aromatic carbocycles. The summed E-state index contributed by atoms with van der Waals surface area (Å²) < 4.78 is 25.4. The van der Waals surface area contributed by atoms with Crippen LogP contribution in [-0.4, -0.2) is 11.1 Å². The molecule has 0 saturated carbocycles. The fraction of sp³-hybridized carbons (Fsp3) is 0.100. The first-order valence-corrected chi connectivity index (χ1v) is 9.33. The molecule has 1 heterocycles. The van der Waals surface area contributed by atoms with Gasteiger partial charge in [0.05, 0.1) is 0 Å². The summed E-state index contributed by atoms with van der Waals surface area (Å²) in [6, 6.07) is 12.2. The molecule has 0 aliphatic carbocycles. The van der Waals surface area contributed by atoms with E-state index in [-0.39, 0.29) is 28.7 Å². The molecule has 0 bridgehead atoms. The van der Waals surface area contributed by atoms with Crippen molar-refractivity contribution in [3.05, 3.63) is 80.8 Å². The normalized spacial score (nSPS) is 11.5. The fourth-order valence-corrected chi connectivity index (χ4v) is 3.33. The number of aliphatic carboxylic acids is 1. The number of carbonyl (C=O) groups is 1. The van der Waals surface area contributed by atoms with Crippen molar-refractivity contribution < 1.29 is 23.8 Å². The predicted octanol–water partition coefficient (Wildman–Crippen LogP) is 5.20. The van der Waals surface area contributed by atoms with Crippen LogP contribution in [0.5, 0.6) is 11.5 Å². The first kappa shape index (κ1) is 19.7. The van der Waals surface area contributed by atoms with E-state index in [1.165, 1.54) is 29.5 Å². The van der Waals surface area contributed by atoms with Gasteiger partial charge in [-0.3, -0.25) is 0 Å². The van der Waals surface area contributed by atoms with Crippen LogP contribution >= 0.6 is 22.9 Å². The van der Waals surface area contributed by atoms with Crippen molar-refractivity contribution in [1.29, 1.82) is 5.26 Å². The maximum Gasteiger partial charge on any atom is 0.349 e. The Balaban J connectivity index is 1.93. The SMILES string of the molecule is N#Cc1c(F)cc(OCc2ccsc2)cc1OC(C(=O)O)c1ccccc1Cl. The smallest absolute Gasteiger partial charge is 0.349 e. The molecular weight excluding hydrogens is 405 g/mol. The third-order valence-corrected chi connectivity index (χ3v) is 4.86. The molecule has 28 heavy (non-hydrogen) atoms. The van der Waals surface area contributed by atoms with Crippen molar-refractivity contribution in [1.82, 2.24) is 0 Å². The summed E-state index contributed by atoms with van der Waals surface area (Å²) in [7, 11) is 0.